The predicted molar refractivity (Wildman–Crippen MR) is 165 cm³/mol. The monoisotopic (exact) mass is 577 g/mol. The summed E-state index contributed by atoms with van der Waals surface area (Å²) < 4.78 is 28.5. The highest BCUT2D eigenvalue weighted by atomic mass is 32.2. The van der Waals surface area contributed by atoms with Gasteiger partial charge in [-0.1, -0.05) is 44.4 Å². The van der Waals surface area contributed by atoms with Crippen LogP contribution >= 0.6 is 0 Å². The van der Waals surface area contributed by atoms with Crippen LogP contribution in [0, 0.1) is 0 Å². The Bertz CT molecular complexity index is 1520. The molecule has 0 aliphatic rings. The first-order valence-corrected chi connectivity index (χ1v) is 15.5. The molecule has 0 bridgehead atoms. The molecule has 1 aromatic heterocycles. The van der Waals surface area contributed by atoms with Crippen molar-refractivity contribution in [3.8, 4) is 0 Å². The summed E-state index contributed by atoms with van der Waals surface area (Å²) >= 11 is 0. The largest absolute Gasteiger partial charge is 0.387 e. The van der Waals surface area contributed by atoms with Gasteiger partial charge < -0.3 is 21.1 Å². The number of benzene rings is 3. The van der Waals surface area contributed by atoms with Gasteiger partial charge in [0.1, 0.15) is 0 Å². The Labute approximate surface area is 241 Å². The molecule has 0 aliphatic heterocycles. The van der Waals surface area contributed by atoms with Crippen molar-refractivity contribution in [3.05, 3.63) is 90.1 Å². The lowest BCUT2D eigenvalue weighted by atomic mass is 10.1. The number of hydrogen-bond acceptors (Lipinski definition) is 5. The van der Waals surface area contributed by atoms with Crippen LogP contribution < -0.4 is 20.7 Å². The van der Waals surface area contributed by atoms with Crippen LogP contribution in [0.1, 0.15) is 49.8 Å². The van der Waals surface area contributed by atoms with Crippen LogP contribution in [0.4, 0.5) is 16.2 Å². The molecule has 4 rings (SSSR count). The zero-order chi connectivity index (χ0) is 29.2. The molecule has 2 amide bonds. The summed E-state index contributed by atoms with van der Waals surface area (Å²) in [5, 5.41) is 14.9. The van der Waals surface area contributed by atoms with E-state index in [1.54, 1.807) is 24.3 Å². The van der Waals surface area contributed by atoms with Crippen molar-refractivity contribution in [2.45, 2.75) is 50.0 Å². The fourth-order valence-corrected chi connectivity index (χ4v) is 5.75. The minimum Gasteiger partial charge on any atom is -0.387 e. The number of aromatic nitrogens is 1. The Balaban J connectivity index is 1.26. The molecule has 0 spiro atoms. The van der Waals surface area contributed by atoms with Gasteiger partial charge in [0.05, 0.1) is 11.0 Å². The maximum atomic E-state index is 12.9. The van der Waals surface area contributed by atoms with Gasteiger partial charge in [0, 0.05) is 36.2 Å². The molecule has 41 heavy (non-hydrogen) atoms. The number of carbonyl (C=O) groups excluding carboxylic acids is 1. The number of aromatic amines is 1. The summed E-state index contributed by atoms with van der Waals surface area (Å²) in [5.74, 6) is 0. The fraction of sp³-hybridized carbons (Fsp3) is 0.323. The number of nitrogens with two attached hydrogens (primary N) is 1. The number of primary amides is 1. The molecule has 3 aromatic carbocycles. The third-order valence-corrected chi connectivity index (χ3v) is 8.45. The number of nitrogens with zero attached hydrogens (tertiary/aromatic N) is 1. The number of aliphatic hydroxyl groups is 1. The molecular weight excluding hydrogens is 538 g/mol. The minimum absolute atomic E-state index is 0.0964. The highest BCUT2D eigenvalue weighted by Gasteiger charge is 2.17. The molecule has 10 heteroatoms. The van der Waals surface area contributed by atoms with Gasteiger partial charge in [-0.2, -0.15) is 0 Å². The van der Waals surface area contributed by atoms with Crippen LogP contribution in [0.5, 0.6) is 0 Å². The Morgan fingerprint density at radius 1 is 1.00 bits per heavy atom. The second-order valence-electron chi connectivity index (χ2n) is 10.1. The van der Waals surface area contributed by atoms with Crippen LogP contribution in [0.15, 0.2) is 83.9 Å². The molecule has 4 aromatic rings. The summed E-state index contributed by atoms with van der Waals surface area (Å²) in [5.41, 5.74) is 9.52. The minimum atomic E-state index is -3.81. The van der Waals surface area contributed by atoms with Crippen molar-refractivity contribution in [3.63, 3.8) is 0 Å². The topological polar surface area (TPSA) is 141 Å². The average Bonchev–Trinajstić information content (AvgIpc) is 3.44. The number of amides is 2. The van der Waals surface area contributed by atoms with Crippen LogP contribution in [0.2, 0.25) is 0 Å². The van der Waals surface area contributed by atoms with E-state index in [1.165, 1.54) is 17.0 Å². The Morgan fingerprint density at radius 3 is 2.46 bits per heavy atom. The lowest BCUT2D eigenvalue weighted by Gasteiger charge is -2.21. The van der Waals surface area contributed by atoms with E-state index in [2.05, 4.69) is 21.9 Å². The fourth-order valence-electron chi connectivity index (χ4n) is 4.69. The molecule has 0 radical (unpaired) electrons. The molecule has 0 saturated carbocycles. The predicted octanol–water partition coefficient (Wildman–Crippen LogP) is 5.30. The van der Waals surface area contributed by atoms with E-state index >= 15 is 0 Å². The van der Waals surface area contributed by atoms with E-state index in [0.717, 1.165) is 54.1 Å². The number of unbranched alkanes of at least 4 members (excludes halogenated alkanes) is 3. The summed E-state index contributed by atoms with van der Waals surface area (Å²) in [4.78, 5) is 16.6. The molecular formula is C31H39N5O4S. The maximum absolute atomic E-state index is 12.9. The van der Waals surface area contributed by atoms with Crippen molar-refractivity contribution >= 4 is 38.3 Å². The Hall–Kier alpha value is -3.86. The molecule has 0 fully saturated rings. The number of sulfonamides is 1. The van der Waals surface area contributed by atoms with Gasteiger partial charge in [0.2, 0.25) is 0 Å². The van der Waals surface area contributed by atoms with Crippen LogP contribution in [0.25, 0.3) is 10.9 Å². The average molecular weight is 578 g/mol. The third kappa shape index (κ3) is 8.32. The number of hydrogen-bond donors (Lipinski definition) is 5. The summed E-state index contributed by atoms with van der Waals surface area (Å²) in [6.45, 7) is 3.71. The van der Waals surface area contributed by atoms with Gasteiger partial charge in [-0.05, 0) is 90.5 Å². The number of aliphatic hydroxyl groups excluding tert-OH is 1. The lowest BCUT2D eigenvalue weighted by molar-refractivity contribution is 0.175. The molecule has 0 aliphatic carbocycles. The number of H-pyrrole nitrogens is 1. The molecule has 0 saturated heterocycles. The lowest BCUT2D eigenvalue weighted by Crippen LogP contribution is -2.36. The van der Waals surface area contributed by atoms with Crippen LogP contribution in [-0.2, 0) is 16.4 Å². The number of rotatable bonds is 15. The Morgan fingerprint density at radius 2 is 1.76 bits per heavy atom. The van der Waals surface area contributed by atoms with Crippen molar-refractivity contribution < 1.29 is 18.3 Å². The quantitative estimate of drug-likeness (QED) is 0.122. The van der Waals surface area contributed by atoms with Crippen molar-refractivity contribution in [1.29, 1.82) is 0 Å². The highest BCUT2D eigenvalue weighted by Crippen LogP contribution is 2.22. The zero-order valence-corrected chi connectivity index (χ0v) is 24.2. The number of carbonyl (C=O) groups is 1. The first-order valence-electron chi connectivity index (χ1n) is 14.0. The van der Waals surface area contributed by atoms with E-state index in [4.69, 9.17) is 5.73 Å². The highest BCUT2D eigenvalue weighted by molar-refractivity contribution is 7.92. The van der Waals surface area contributed by atoms with Gasteiger partial charge in [0.25, 0.3) is 10.0 Å². The smallest absolute Gasteiger partial charge is 0.319 e. The maximum Gasteiger partial charge on any atom is 0.319 e. The van der Waals surface area contributed by atoms with E-state index in [9.17, 15) is 18.3 Å². The molecule has 1 atom stereocenters. The van der Waals surface area contributed by atoms with E-state index in [1.807, 2.05) is 42.6 Å². The number of fused-ring (bicyclic) bond motifs is 1. The second kappa shape index (κ2) is 14.2. The second-order valence-corrected chi connectivity index (χ2v) is 11.8. The Kier molecular flexibility index (Phi) is 10.4. The van der Waals surface area contributed by atoms with Gasteiger partial charge in [0.15, 0.2) is 0 Å². The molecule has 1 heterocycles. The number of anilines is 2. The number of urea groups is 1. The summed E-state index contributed by atoms with van der Waals surface area (Å²) in [6.07, 6.45) is 6.01. The normalized spacial score (nSPS) is 12.3. The molecule has 1 unspecified atom stereocenters. The van der Waals surface area contributed by atoms with Gasteiger partial charge in [-0.3, -0.25) is 9.62 Å². The van der Waals surface area contributed by atoms with Gasteiger partial charge in [-0.25, -0.2) is 13.2 Å². The van der Waals surface area contributed by atoms with E-state index in [-0.39, 0.29) is 4.90 Å². The molecule has 218 valence electrons. The number of nitrogens with one attached hydrogen (secondary N) is 3. The third-order valence-electron chi connectivity index (χ3n) is 7.06. The SMILES string of the molecule is CCCCCCN(C(N)=O)c1ccc(S(=O)(=O)Nc2ccc(CCNCC(O)c3ccc4[nH]ccc4c3)cc2)cc1. The van der Waals surface area contributed by atoms with E-state index < -0.39 is 22.2 Å². The van der Waals surface area contributed by atoms with Gasteiger partial charge in [-0.15, -0.1) is 0 Å². The standard InChI is InChI=1S/C31H39N5O4S/c1-2-3-4-5-20-36(31(32)38)27-11-13-28(14-12-27)41(39,40)35-26-9-6-23(7-10-26)16-18-33-22-30(37)25-8-15-29-24(21-25)17-19-34-29/h6-15,17,19,21,30,33-35,37H,2-5,16,18,20,22H2,1H3,(H2,32,38). The summed E-state index contributed by atoms with van der Waals surface area (Å²) in [6, 6.07) is 20.7. The zero-order valence-electron chi connectivity index (χ0n) is 23.3. The van der Waals surface area contributed by atoms with Gasteiger partial charge >= 0.3 is 6.03 Å². The molecule has 6 N–H and O–H groups in total. The molecule has 9 nitrogen and oxygen atoms in total. The first-order chi connectivity index (χ1) is 19.8. The van der Waals surface area contributed by atoms with Crippen molar-refractivity contribution in [2.75, 3.05) is 29.3 Å². The van der Waals surface area contributed by atoms with Crippen LogP contribution in [-0.4, -0.2) is 44.2 Å². The first kappa shape index (κ1) is 30.1. The summed E-state index contributed by atoms with van der Waals surface area (Å²) in [7, 11) is -3.81. The van der Waals surface area contributed by atoms with Crippen LogP contribution in [0.3, 0.4) is 0 Å². The van der Waals surface area contributed by atoms with Crippen molar-refractivity contribution in [2.24, 2.45) is 5.73 Å². The van der Waals surface area contributed by atoms with E-state index in [0.29, 0.717) is 31.0 Å². The van der Waals surface area contributed by atoms with Crippen molar-refractivity contribution in [1.82, 2.24) is 10.3 Å².